The fourth-order valence-electron chi connectivity index (χ4n) is 4.24. The second-order valence-electron chi connectivity index (χ2n) is 9.55. The van der Waals surface area contributed by atoms with Crippen molar-refractivity contribution in [3.63, 3.8) is 0 Å². The van der Waals surface area contributed by atoms with Gasteiger partial charge in [-0.05, 0) is 45.7 Å². The Morgan fingerprint density at radius 2 is 1.88 bits per heavy atom. The normalized spacial score (nSPS) is 19.1. The first-order valence-corrected chi connectivity index (χ1v) is 10.9. The number of aryl methyl sites for hydroxylation is 1. The van der Waals surface area contributed by atoms with Gasteiger partial charge in [-0.2, -0.15) is 5.10 Å². The van der Waals surface area contributed by atoms with Crippen LogP contribution in [-0.2, 0) is 22.2 Å². The molecule has 4 rings (SSSR count). The van der Waals surface area contributed by atoms with Gasteiger partial charge in [0.1, 0.15) is 11.4 Å². The number of urea groups is 1. The number of hydrogen-bond acceptors (Lipinski definition) is 6. The fourth-order valence-corrected chi connectivity index (χ4v) is 4.24. The predicted octanol–water partition coefficient (Wildman–Crippen LogP) is 2.38. The molecule has 10 nitrogen and oxygen atoms in total. The first-order chi connectivity index (χ1) is 15.4. The van der Waals surface area contributed by atoms with Crippen molar-refractivity contribution >= 4 is 34.8 Å². The predicted molar refractivity (Wildman–Crippen MR) is 117 cm³/mol. The number of benzene rings is 1. The number of imide groups is 1. The standard InChI is InChI=1S/C22H28FN5O5/c1-21(2,3)33-20(31)27-9-6-22(32,7-10-27)14-12-16-13(11-15(14)23)18(25-26(16)4)28-8-5-17(29)24-19(28)30/h11-12,32H,5-10H2,1-4H3,(H,24,29,30). The highest BCUT2D eigenvalue weighted by molar-refractivity contribution is 6.08. The zero-order chi connectivity index (χ0) is 24.1. The van der Waals surface area contributed by atoms with Crippen LogP contribution in [0.1, 0.15) is 45.6 Å². The molecule has 0 radical (unpaired) electrons. The fraction of sp³-hybridized carbons (Fsp3) is 0.545. The summed E-state index contributed by atoms with van der Waals surface area (Å²) in [5.74, 6) is -0.752. The van der Waals surface area contributed by atoms with Crippen molar-refractivity contribution in [3.8, 4) is 0 Å². The molecule has 2 N–H and O–H groups in total. The Kier molecular flexibility index (Phi) is 5.55. The zero-order valence-electron chi connectivity index (χ0n) is 19.1. The number of fused-ring (bicyclic) bond motifs is 1. The molecule has 2 fully saturated rings. The lowest BCUT2D eigenvalue weighted by Gasteiger charge is -2.39. The second kappa shape index (κ2) is 7.98. The van der Waals surface area contributed by atoms with Crippen LogP contribution in [0.25, 0.3) is 10.9 Å². The molecule has 0 spiro atoms. The number of rotatable bonds is 2. The number of carbonyl (C=O) groups is 3. The van der Waals surface area contributed by atoms with Crippen LogP contribution in [0.15, 0.2) is 12.1 Å². The van der Waals surface area contributed by atoms with E-state index in [1.54, 1.807) is 27.8 Å². The average molecular weight is 461 g/mol. The molecular formula is C22H28FN5O5. The second-order valence-corrected chi connectivity index (χ2v) is 9.55. The third-order valence-electron chi connectivity index (χ3n) is 5.97. The molecule has 2 aliphatic rings. The van der Waals surface area contributed by atoms with Crippen molar-refractivity contribution < 1.29 is 28.6 Å². The average Bonchev–Trinajstić information content (AvgIpc) is 3.02. The molecule has 0 atom stereocenters. The van der Waals surface area contributed by atoms with Gasteiger partial charge < -0.3 is 14.7 Å². The summed E-state index contributed by atoms with van der Waals surface area (Å²) < 4.78 is 22.2. The lowest BCUT2D eigenvalue weighted by atomic mass is 9.83. The lowest BCUT2D eigenvalue weighted by Crippen LogP contribution is -2.49. The molecule has 3 heterocycles. The molecule has 0 aliphatic carbocycles. The largest absolute Gasteiger partial charge is 0.444 e. The first-order valence-electron chi connectivity index (χ1n) is 10.9. The molecule has 33 heavy (non-hydrogen) atoms. The number of carbonyl (C=O) groups excluding carboxylic acids is 3. The summed E-state index contributed by atoms with van der Waals surface area (Å²) in [4.78, 5) is 38.8. The van der Waals surface area contributed by atoms with Gasteiger partial charge in [-0.3, -0.25) is 19.7 Å². The summed E-state index contributed by atoms with van der Waals surface area (Å²) in [6, 6.07) is 2.19. The minimum absolute atomic E-state index is 0.117. The van der Waals surface area contributed by atoms with Crippen LogP contribution in [0, 0.1) is 5.82 Å². The maximum atomic E-state index is 15.3. The van der Waals surface area contributed by atoms with Crippen molar-refractivity contribution in [2.24, 2.45) is 7.05 Å². The van der Waals surface area contributed by atoms with E-state index in [1.165, 1.54) is 26.6 Å². The summed E-state index contributed by atoms with van der Waals surface area (Å²) in [6.07, 6.45) is -0.0420. The number of nitrogens with zero attached hydrogens (tertiary/aromatic N) is 4. The van der Waals surface area contributed by atoms with E-state index in [2.05, 4.69) is 10.4 Å². The van der Waals surface area contributed by atoms with E-state index in [-0.39, 0.29) is 56.2 Å². The summed E-state index contributed by atoms with van der Waals surface area (Å²) in [7, 11) is 1.66. The summed E-state index contributed by atoms with van der Waals surface area (Å²) in [6.45, 7) is 5.93. The van der Waals surface area contributed by atoms with Crippen molar-refractivity contribution in [1.29, 1.82) is 0 Å². The van der Waals surface area contributed by atoms with Crippen LogP contribution in [0.4, 0.5) is 19.8 Å². The van der Waals surface area contributed by atoms with Crippen LogP contribution in [0.2, 0.25) is 0 Å². The van der Waals surface area contributed by atoms with Gasteiger partial charge >= 0.3 is 12.1 Å². The van der Waals surface area contributed by atoms with Gasteiger partial charge in [0.25, 0.3) is 0 Å². The van der Waals surface area contributed by atoms with Crippen LogP contribution >= 0.6 is 0 Å². The number of ether oxygens (including phenoxy) is 1. The number of amides is 4. The molecule has 0 unspecified atom stereocenters. The van der Waals surface area contributed by atoms with Gasteiger partial charge in [-0.15, -0.1) is 0 Å². The van der Waals surface area contributed by atoms with Gasteiger partial charge in [0.15, 0.2) is 5.82 Å². The SMILES string of the molecule is Cn1nc(N2CCC(=O)NC2=O)c2cc(F)c(C3(O)CCN(C(=O)OC(C)(C)C)CC3)cc21. The number of halogens is 1. The number of aliphatic hydroxyl groups is 1. The maximum Gasteiger partial charge on any atom is 0.410 e. The molecule has 1 aromatic heterocycles. The molecular weight excluding hydrogens is 433 g/mol. The Hall–Kier alpha value is -3.21. The lowest BCUT2D eigenvalue weighted by molar-refractivity contribution is -0.120. The van der Waals surface area contributed by atoms with Crippen molar-refractivity contribution in [3.05, 3.63) is 23.5 Å². The van der Waals surface area contributed by atoms with Gasteiger partial charge in [-0.1, -0.05) is 0 Å². The van der Waals surface area contributed by atoms with E-state index >= 15 is 4.39 Å². The smallest absolute Gasteiger partial charge is 0.410 e. The number of aromatic nitrogens is 2. The van der Waals surface area contributed by atoms with Crippen molar-refractivity contribution in [1.82, 2.24) is 20.0 Å². The Morgan fingerprint density at radius 3 is 2.48 bits per heavy atom. The molecule has 0 saturated carbocycles. The Morgan fingerprint density at radius 1 is 1.21 bits per heavy atom. The molecule has 2 aromatic rings. The topological polar surface area (TPSA) is 117 Å². The van der Waals surface area contributed by atoms with Crippen LogP contribution in [-0.4, -0.2) is 63.1 Å². The Labute approximate surface area is 190 Å². The molecule has 0 bridgehead atoms. The first kappa shape index (κ1) is 23.0. The van der Waals surface area contributed by atoms with E-state index in [0.29, 0.717) is 10.9 Å². The van der Waals surface area contributed by atoms with Crippen LogP contribution in [0.5, 0.6) is 0 Å². The molecule has 11 heteroatoms. The molecule has 2 saturated heterocycles. The number of nitrogens with one attached hydrogen (secondary N) is 1. The number of likely N-dealkylation sites (tertiary alicyclic amines) is 1. The van der Waals surface area contributed by atoms with Crippen LogP contribution in [0.3, 0.4) is 0 Å². The Bertz CT molecular complexity index is 1130. The van der Waals surface area contributed by atoms with Crippen LogP contribution < -0.4 is 10.2 Å². The highest BCUT2D eigenvalue weighted by Crippen LogP contribution is 2.38. The monoisotopic (exact) mass is 461 g/mol. The Balaban J connectivity index is 1.60. The third kappa shape index (κ3) is 4.37. The number of piperidine rings is 1. The zero-order valence-corrected chi connectivity index (χ0v) is 19.1. The van der Waals surface area contributed by atoms with Gasteiger partial charge in [0, 0.05) is 44.1 Å². The van der Waals surface area contributed by atoms with Gasteiger partial charge in [0.05, 0.1) is 11.1 Å². The van der Waals surface area contributed by atoms with Crippen molar-refractivity contribution in [2.45, 2.75) is 51.2 Å². The van der Waals surface area contributed by atoms with E-state index in [0.717, 1.165) is 0 Å². The van der Waals surface area contributed by atoms with E-state index in [9.17, 15) is 19.5 Å². The van der Waals surface area contributed by atoms with E-state index in [1.807, 2.05) is 0 Å². The highest BCUT2D eigenvalue weighted by Gasteiger charge is 2.39. The highest BCUT2D eigenvalue weighted by atomic mass is 19.1. The third-order valence-corrected chi connectivity index (χ3v) is 5.97. The van der Waals surface area contributed by atoms with Crippen molar-refractivity contribution in [2.75, 3.05) is 24.5 Å². The van der Waals surface area contributed by atoms with Gasteiger partial charge in [0.2, 0.25) is 5.91 Å². The van der Waals surface area contributed by atoms with E-state index in [4.69, 9.17) is 4.74 Å². The molecule has 1 aromatic carbocycles. The summed E-state index contributed by atoms with van der Waals surface area (Å²) in [5, 5.41) is 18.3. The quantitative estimate of drug-likeness (QED) is 0.709. The molecule has 2 aliphatic heterocycles. The molecule has 4 amide bonds. The van der Waals surface area contributed by atoms with E-state index < -0.39 is 29.1 Å². The minimum Gasteiger partial charge on any atom is -0.444 e. The number of anilines is 1. The summed E-state index contributed by atoms with van der Waals surface area (Å²) >= 11 is 0. The number of hydrogen-bond donors (Lipinski definition) is 2. The maximum absolute atomic E-state index is 15.3. The summed E-state index contributed by atoms with van der Waals surface area (Å²) in [5.41, 5.74) is -1.44. The van der Waals surface area contributed by atoms with Gasteiger partial charge in [-0.25, -0.2) is 14.0 Å². The minimum atomic E-state index is -1.46. The molecule has 178 valence electrons.